The molecule has 0 saturated carbocycles. The van der Waals surface area contributed by atoms with Gasteiger partial charge in [-0.2, -0.15) is 0 Å². The Morgan fingerprint density at radius 1 is 1.35 bits per heavy atom. The van der Waals surface area contributed by atoms with E-state index in [-0.39, 0.29) is 18.4 Å². The van der Waals surface area contributed by atoms with Crippen molar-refractivity contribution in [1.29, 1.82) is 0 Å². The van der Waals surface area contributed by atoms with Gasteiger partial charge < -0.3 is 10.0 Å². The van der Waals surface area contributed by atoms with Gasteiger partial charge in [-0.05, 0) is 24.6 Å². The Kier molecular flexibility index (Phi) is 4.69. The molecular formula is C12H14BrNO3. The summed E-state index contributed by atoms with van der Waals surface area (Å²) < 4.78 is 0.944. The van der Waals surface area contributed by atoms with Crippen LogP contribution in [0.1, 0.15) is 18.4 Å². The first-order valence-electron chi connectivity index (χ1n) is 5.14. The summed E-state index contributed by atoms with van der Waals surface area (Å²) in [4.78, 5) is 23.6. The fraction of sp³-hybridized carbons (Fsp3) is 0.333. The maximum Gasteiger partial charge on any atom is 0.323 e. The number of carboxylic acid groups (broad SMARTS) is 1. The number of amides is 1. The summed E-state index contributed by atoms with van der Waals surface area (Å²) in [5.74, 6) is -1.55. The molecule has 0 heterocycles. The van der Waals surface area contributed by atoms with Crippen LogP contribution in [0.4, 0.5) is 0 Å². The summed E-state index contributed by atoms with van der Waals surface area (Å²) >= 11 is 3.32. The fourth-order valence-electron chi connectivity index (χ4n) is 1.51. The van der Waals surface area contributed by atoms with E-state index in [0.29, 0.717) is 0 Å². The van der Waals surface area contributed by atoms with Crippen molar-refractivity contribution in [3.8, 4) is 0 Å². The SMILES string of the molecule is CC(C(=O)N(C)CC(=O)O)c1ccc(Br)cc1. The molecule has 1 rings (SSSR count). The minimum absolute atomic E-state index is 0.199. The molecule has 4 nitrogen and oxygen atoms in total. The van der Waals surface area contributed by atoms with Gasteiger partial charge in [-0.1, -0.05) is 28.1 Å². The monoisotopic (exact) mass is 299 g/mol. The Morgan fingerprint density at radius 3 is 2.35 bits per heavy atom. The predicted octanol–water partition coefficient (Wildman–Crippen LogP) is 2.10. The molecule has 17 heavy (non-hydrogen) atoms. The highest BCUT2D eigenvalue weighted by atomic mass is 79.9. The van der Waals surface area contributed by atoms with E-state index in [0.717, 1.165) is 10.0 Å². The highest BCUT2D eigenvalue weighted by Gasteiger charge is 2.20. The standard InChI is InChI=1S/C12H14BrNO3/c1-8(9-3-5-10(13)6-4-9)12(17)14(2)7-11(15)16/h3-6,8H,7H2,1-2H3,(H,15,16). The first-order chi connectivity index (χ1) is 7.91. The van der Waals surface area contributed by atoms with Crippen molar-refractivity contribution in [3.63, 3.8) is 0 Å². The molecule has 0 saturated heterocycles. The summed E-state index contributed by atoms with van der Waals surface area (Å²) in [6.07, 6.45) is 0. The maximum atomic E-state index is 11.9. The third-order valence-electron chi connectivity index (χ3n) is 2.49. The lowest BCUT2D eigenvalue weighted by Crippen LogP contribution is -2.34. The number of aliphatic carboxylic acids is 1. The van der Waals surface area contributed by atoms with Gasteiger partial charge in [0, 0.05) is 11.5 Å². The van der Waals surface area contributed by atoms with Crippen LogP contribution in [0.25, 0.3) is 0 Å². The van der Waals surface area contributed by atoms with E-state index < -0.39 is 5.97 Å². The van der Waals surface area contributed by atoms with Crippen LogP contribution >= 0.6 is 15.9 Å². The van der Waals surface area contributed by atoms with Gasteiger partial charge in [0.05, 0.1) is 5.92 Å². The third-order valence-corrected chi connectivity index (χ3v) is 3.02. The van der Waals surface area contributed by atoms with Crippen LogP contribution in [0.15, 0.2) is 28.7 Å². The molecule has 0 radical (unpaired) electrons. The molecule has 0 aliphatic rings. The number of benzene rings is 1. The van der Waals surface area contributed by atoms with Crippen molar-refractivity contribution >= 4 is 27.8 Å². The Labute approximate surface area is 108 Å². The second-order valence-corrected chi connectivity index (χ2v) is 4.78. The van der Waals surface area contributed by atoms with Gasteiger partial charge in [0.2, 0.25) is 5.91 Å². The number of hydrogen-bond acceptors (Lipinski definition) is 2. The van der Waals surface area contributed by atoms with Crippen LogP contribution in [0.3, 0.4) is 0 Å². The quantitative estimate of drug-likeness (QED) is 0.926. The average Bonchev–Trinajstić information content (AvgIpc) is 2.27. The van der Waals surface area contributed by atoms with E-state index in [4.69, 9.17) is 5.11 Å². The molecule has 92 valence electrons. The lowest BCUT2D eigenvalue weighted by Gasteiger charge is -2.19. The second kappa shape index (κ2) is 5.82. The van der Waals surface area contributed by atoms with E-state index in [1.165, 1.54) is 11.9 Å². The molecule has 0 bridgehead atoms. The highest BCUT2D eigenvalue weighted by molar-refractivity contribution is 9.10. The summed E-state index contributed by atoms with van der Waals surface area (Å²) in [7, 11) is 1.49. The van der Waals surface area contributed by atoms with Crippen molar-refractivity contribution in [3.05, 3.63) is 34.3 Å². The van der Waals surface area contributed by atoms with Gasteiger partial charge in [0.1, 0.15) is 6.54 Å². The maximum absolute atomic E-state index is 11.9. The number of carbonyl (C=O) groups is 2. The van der Waals surface area contributed by atoms with Crippen molar-refractivity contribution in [1.82, 2.24) is 4.90 Å². The zero-order chi connectivity index (χ0) is 13.0. The van der Waals surface area contributed by atoms with Gasteiger partial charge >= 0.3 is 5.97 Å². The topological polar surface area (TPSA) is 57.6 Å². The largest absolute Gasteiger partial charge is 0.480 e. The molecule has 5 heteroatoms. The molecule has 1 N–H and O–H groups in total. The summed E-state index contributed by atoms with van der Waals surface area (Å²) in [6.45, 7) is 1.49. The number of halogens is 1. The Bertz CT molecular complexity index is 416. The van der Waals surface area contributed by atoms with Crippen LogP contribution in [-0.4, -0.2) is 35.5 Å². The molecule has 1 amide bonds. The Hall–Kier alpha value is -1.36. The average molecular weight is 300 g/mol. The number of carboxylic acids is 1. The van der Waals surface area contributed by atoms with Gasteiger partial charge in [-0.15, -0.1) is 0 Å². The van der Waals surface area contributed by atoms with E-state index in [9.17, 15) is 9.59 Å². The van der Waals surface area contributed by atoms with Crippen molar-refractivity contribution < 1.29 is 14.7 Å². The fourth-order valence-corrected chi connectivity index (χ4v) is 1.77. The molecule has 0 fully saturated rings. The molecule has 1 atom stereocenters. The number of likely N-dealkylation sites (N-methyl/N-ethyl adjacent to an activating group) is 1. The summed E-state index contributed by atoms with van der Waals surface area (Å²) in [5.41, 5.74) is 0.871. The summed E-state index contributed by atoms with van der Waals surface area (Å²) in [6, 6.07) is 7.41. The van der Waals surface area contributed by atoms with E-state index >= 15 is 0 Å². The highest BCUT2D eigenvalue weighted by Crippen LogP contribution is 2.20. The second-order valence-electron chi connectivity index (χ2n) is 3.86. The van der Waals surface area contributed by atoms with Crippen molar-refractivity contribution in [2.45, 2.75) is 12.8 Å². The van der Waals surface area contributed by atoms with Crippen molar-refractivity contribution in [2.24, 2.45) is 0 Å². The van der Waals surface area contributed by atoms with Crippen LogP contribution in [-0.2, 0) is 9.59 Å². The first-order valence-corrected chi connectivity index (χ1v) is 5.93. The molecule has 1 unspecified atom stereocenters. The normalized spacial score (nSPS) is 11.9. The smallest absolute Gasteiger partial charge is 0.323 e. The molecule has 1 aromatic rings. The van der Waals surface area contributed by atoms with Gasteiger partial charge in [0.25, 0.3) is 0 Å². The van der Waals surface area contributed by atoms with Crippen LogP contribution in [0.5, 0.6) is 0 Å². The first kappa shape index (κ1) is 13.7. The van der Waals surface area contributed by atoms with Crippen LogP contribution < -0.4 is 0 Å². The summed E-state index contributed by atoms with van der Waals surface area (Å²) in [5, 5.41) is 8.62. The Morgan fingerprint density at radius 2 is 1.88 bits per heavy atom. The zero-order valence-corrected chi connectivity index (χ0v) is 11.3. The molecule has 0 aliphatic carbocycles. The Balaban J connectivity index is 2.75. The number of hydrogen-bond donors (Lipinski definition) is 1. The zero-order valence-electron chi connectivity index (χ0n) is 9.68. The molecular weight excluding hydrogens is 286 g/mol. The number of nitrogens with zero attached hydrogens (tertiary/aromatic N) is 1. The third kappa shape index (κ3) is 3.85. The van der Waals surface area contributed by atoms with Gasteiger partial charge in [0.15, 0.2) is 0 Å². The van der Waals surface area contributed by atoms with Gasteiger partial charge in [-0.3, -0.25) is 9.59 Å². The predicted molar refractivity (Wildman–Crippen MR) is 67.8 cm³/mol. The van der Waals surface area contributed by atoms with E-state index in [1.54, 1.807) is 6.92 Å². The van der Waals surface area contributed by atoms with E-state index in [2.05, 4.69) is 15.9 Å². The lowest BCUT2D eigenvalue weighted by atomic mass is 10.00. The van der Waals surface area contributed by atoms with Gasteiger partial charge in [-0.25, -0.2) is 0 Å². The van der Waals surface area contributed by atoms with Crippen molar-refractivity contribution in [2.75, 3.05) is 13.6 Å². The molecule has 0 aliphatic heterocycles. The molecule has 0 aromatic heterocycles. The minimum Gasteiger partial charge on any atom is -0.480 e. The number of carbonyl (C=O) groups excluding carboxylic acids is 1. The van der Waals surface area contributed by atoms with Crippen LogP contribution in [0.2, 0.25) is 0 Å². The molecule has 1 aromatic carbocycles. The minimum atomic E-state index is -1.01. The number of rotatable bonds is 4. The van der Waals surface area contributed by atoms with E-state index in [1.807, 2.05) is 24.3 Å². The van der Waals surface area contributed by atoms with Crippen LogP contribution in [0, 0.1) is 0 Å². The lowest BCUT2D eigenvalue weighted by molar-refractivity contribution is -0.143. The molecule has 0 spiro atoms.